The van der Waals surface area contributed by atoms with Crippen LogP contribution in [0.25, 0.3) is 5.65 Å². The molecule has 1 N–H and O–H groups in total. The standard InChI is InChI=1S/C21H19F3N6/c1-14(15-8-10-17(11-9-15)29(2)16-6-4-3-5-7-16)25-18-12-13-19-26-27-20(21(22,23)24)30(19)28-18/h3-14H,1-2H3,(H,25,28). The van der Waals surface area contributed by atoms with Crippen LogP contribution in [0.15, 0.2) is 66.7 Å². The summed E-state index contributed by atoms with van der Waals surface area (Å²) in [6, 6.07) is 20.8. The van der Waals surface area contributed by atoms with Gasteiger partial charge in [0.05, 0.1) is 0 Å². The molecule has 2 heterocycles. The van der Waals surface area contributed by atoms with E-state index in [2.05, 4.69) is 25.5 Å². The summed E-state index contributed by atoms with van der Waals surface area (Å²) in [5.41, 5.74) is 3.11. The highest BCUT2D eigenvalue weighted by atomic mass is 19.4. The van der Waals surface area contributed by atoms with Crippen LogP contribution in [0.3, 0.4) is 0 Å². The summed E-state index contributed by atoms with van der Waals surface area (Å²) >= 11 is 0. The van der Waals surface area contributed by atoms with E-state index in [1.165, 1.54) is 6.07 Å². The first-order valence-corrected chi connectivity index (χ1v) is 9.28. The molecule has 0 saturated carbocycles. The fraction of sp³-hybridized carbons (Fsp3) is 0.190. The van der Waals surface area contributed by atoms with E-state index in [9.17, 15) is 13.2 Å². The fourth-order valence-electron chi connectivity index (χ4n) is 3.14. The number of rotatable bonds is 5. The molecule has 9 heteroatoms. The van der Waals surface area contributed by atoms with Gasteiger partial charge in [-0.3, -0.25) is 0 Å². The van der Waals surface area contributed by atoms with Crippen LogP contribution in [0, 0.1) is 0 Å². The minimum Gasteiger partial charge on any atom is -0.362 e. The third-order valence-corrected chi connectivity index (χ3v) is 4.80. The van der Waals surface area contributed by atoms with Gasteiger partial charge in [0.25, 0.3) is 5.82 Å². The second-order valence-electron chi connectivity index (χ2n) is 6.86. The number of halogens is 3. The van der Waals surface area contributed by atoms with Crippen molar-refractivity contribution in [3.05, 3.63) is 78.1 Å². The summed E-state index contributed by atoms with van der Waals surface area (Å²) in [6.07, 6.45) is -4.63. The van der Waals surface area contributed by atoms with Crippen molar-refractivity contribution >= 4 is 22.8 Å². The Morgan fingerprint density at radius 3 is 2.23 bits per heavy atom. The van der Waals surface area contributed by atoms with Gasteiger partial charge in [-0.2, -0.15) is 17.7 Å². The molecule has 0 aliphatic carbocycles. The monoisotopic (exact) mass is 412 g/mol. The Balaban J connectivity index is 1.52. The molecule has 0 aliphatic rings. The molecule has 30 heavy (non-hydrogen) atoms. The van der Waals surface area contributed by atoms with Crippen molar-refractivity contribution in [2.45, 2.75) is 19.1 Å². The summed E-state index contributed by atoms with van der Waals surface area (Å²) in [6.45, 7) is 1.92. The molecule has 0 saturated heterocycles. The van der Waals surface area contributed by atoms with Crippen molar-refractivity contribution in [3.63, 3.8) is 0 Å². The number of nitrogens with one attached hydrogen (secondary N) is 1. The van der Waals surface area contributed by atoms with Gasteiger partial charge in [-0.25, -0.2) is 0 Å². The van der Waals surface area contributed by atoms with E-state index < -0.39 is 12.0 Å². The Labute approximate surface area is 171 Å². The number of hydrogen-bond donors (Lipinski definition) is 1. The first kappa shape index (κ1) is 19.7. The van der Waals surface area contributed by atoms with Crippen molar-refractivity contribution in [1.29, 1.82) is 0 Å². The van der Waals surface area contributed by atoms with Gasteiger partial charge >= 0.3 is 6.18 Å². The SMILES string of the molecule is CC(Nc1ccc2nnc(C(F)(F)F)n2n1)c1ccc(N(C)c2ccccc2)cc1. The van der Waals surface area contributed by atoms with Crippen molar-refractivity contribution in [3.8, 4) is 0 Å². The highest BCUT2D eigenvalue weighted by Crippen LogP contribution is 2.29. The first-order valence-electron chi connectivity index (χ1n) is 9.28. The largest absolute Gasteiger partial charge is 0.453 e. The molecule has 154 valence electrons. The van der Waals surface area contributed by atoms with Gasteiger partial charge in [-0.15, -0.1) is 15.3 Å². The number of benzene rings is 2. The number of para-hydroxylation sites is 1. The van der Waals surface area contributed by atoms with Crippen LogP contribution >= 0.6 is 0 Å². The average molecular weight is 412 g/mol. The maximum absolute atomic E-state index is 13.0. The second-order valence-corrected chi connectivity index (χ2v) is 6.86. The van der Waals surface area contributed by atoms with Gasteiger partial charge in [0, 0.05) is 24.5 Å². The second kappa shape index (κ2) is 7.66. The molecule has 1 unspecified atom stereocenters. The molecule has 0 spiro atoms. The van der Waals surface area contributed by atoms with E-state index in [-0.39, 0.29) is 11.7 Å². The van der Waals surface area contributed by atoms with Crippen LogP contribution in [-0.4, -0.2) is 26.9 Å². The number of hydrogen-bond acceptors (Lipinski definition) is 5. The van der Waals surface area contributed by atoms with E-state index >= 15 is 0 Å². The number of nitrogens with zero attached hydrogens (tertiary/aromatic N) is 5. The van der Waals surface area contributed by atoms with Crippen LogP contribution in [-0.2, 0) is 6.18 Å². The Morgan fingerprint density at radius 2 is 1.57 bits per heavy atom. The Bertz CT molecular complexity index is 1140. The maximum Gasteiger partial charge on any atom is 0.453 e. The Kier molecular flexibility index (Phi) is 5.03. The van der Waals surface area contributed by atoms with E-state index in [0.717, 1.165) is 16.9 Å². The third-order valence-electron chi connectivity index (χ3n) is 4.80. The van der Waals surface area contributed by atoms with Crippen LogP contribution in [0.2, 0.25) is 0 Å². The summed E-state index contributed by atoms with van der Waals surface area (Å²) in [4.78, 5) is 2.07. The van der Waals surface area contributed by atoms with Gasteiger partial charge in [-0.05, 0) is 48.9 Å². The first-order chi connectivity index (χ1) is 14.3. The highest BCUT2D eigenvalue weighted by molar-refractivity contribution is 5.62. The van der Waals surface area contributed by atoms with Crippen LogP contribution in [0.4, 0.5) is 30.4 Å². The van der Waals surface area contributed by atoms with Crippen molar-refractivity contribution in [2.75, 3.05) is 17.3 Å². The smallest absolute Gasteiger partial charge is 0.362 e. The molecule has 2 aromatic heterocycles. The lowest BCUT2D eigenvalue weighted by molar-refractivity contribution is -0.146. The average Bonchev–Trinajstić information content (AvgIpc) is 3.18. The maximum atomic E-state index is 13.0. The number of aromatic nitrogens is 4. The predicted molar refractivity (Wildman–Crippen MR) is 109 cm³/mol. The van der Waals surface area contributed by atoms with Gasteiger partial charge in [0.2, 0.25) is 0 Å². The lowest BCUT2D eigenvalue weighted by Crippen LogP contribution is -2.14. The van der Waals surface area contributed by atoms with Crippen LogP contribution < -0.4 is 10.2 Å². The lowest BCUT2D eigenvalue weighted by atomic mass is 10.1. The summed E-state index contributed by atoms with van der Waals surface area (Å²) < 4.78 is 39.8. The zero-order valence-corrected chi connectivity index (χ0v) is 16.3. The third kappa shape index (κ3) is 3.91. The molecule has 6 nitrogen and oxygen atoms in total. The van der Waals surface area contributed by atoms with Crippen molar-refractivity contribution < 1.29 is 13.2 Å². The molecule has 2 aromatic carbocycles. The quantitative estimate of drug-likeness (QED) is 0.495. The Hall–Kier alpha value is -3.62. The van der Waals surface area contributed by atoms with E-state index in [4.69, 9.17) is 0 Å². The molecule has 4 rings (SSSR count). The lowest BCUT2D eigenvalue weighted by Gasteiger charge is -2.21. The van der Waals surface area contributed by atoms with E-state index in [1.54, 1.807) is 6.07 Å². The van der Waals surface area contributed by atoms with Gasteiger partial charge in [0.1, 0.15) is 5.82 Å². The zero-order chi connectivity index (χ0) is 21.3. The molecule has 1 atom stereocenters. The molecular weight excluding hydrogens is 393 g/mol. The zero-order valence-electron chi connectivity index (χ0n) is 16.3. The van der Waals surface area contributed by atoms with Gasteiger partial charge < -0.3 is 10.2 Å². The topological polar surface area (TPSA) is 58.4 Å². The molecule has 4 aromatic rings. The highest BCUT2D eigenvalue weighted by Gasteiger charge is 2.37. The van der Waals surface area contributed by atoms with E-state index in [1.807, 2.05) is 68.6 Å². The minimum absolute atomic E-state index is 0.0360. The van der Waals surface area contributed by atoms with Gasteiger partial charge in [-0.1, -0.05) is 30.3 Å². The summed E-state index contributed by atoms with van der Waals surface area (Å²) in [5, 5.41) is 13.8. The minimum atomic E-state index is -4.63. The van der Waals surface area contributed by atoms with Crippen molar-refractivity contribution in [1.82, 2.24) is 19.8 Å². The van der Waals surface area contributed by atoms with E-state index in [0.29, 0.717) is 10.3 Å². The van der Waals surface area contributed by atoms with Crippen LogP contribution in [0.1, 0.15) is 24.4 Å². The fourth-order valence-corrected chi connectivity index (χ4v) is 3.14. The number of anilines is 3. The number of fused-ring (bicyclic) bond motifs is 1. The van der Waals surface area contributed by atoms with Crippen LogP contribution in [0.5, 0.6) is 0 Å². The number of alkyl halides is 3. The summed E-state index contributed by atoms with van der Waals surface area (Å²) in [7, 11) is 1.99. The normalized spacial score (nSPS) is 12.7. The van der Waals surface area contributed by atoms with Crippen molar-refractivity contribution in [2.24, 2.45) is 0 Å². The molecule has 0 fully saturated rings. The molecule has 0 aliphatic heterocycles. The molecule has 0 radical (unpaired) electrons. The molecular formula is C21H19F3N6. The summed E-state index contributed by atoms with van der Waals surface area (Å²) in [5.74, 6) is -0.854. The van der Waals surface area contributed by atoms with Gasteiger partial charge in [0.15, 0.2) is 5.65 Å². The molecule has 0 amide bonds. The molecule has 0 bridgehead atoms. The predicted octanol–water partition coefficient (Wildman–Crippen LogP) is 5.08. The Morgan fingerprint density at radius 1 is 0.900 bits per heavy atom.